The van der Waals surface area contributed by atoms with Crippen molar-refractivity contribution in [3.63, 3.8) is 0 Å². The first-order valence-electron chi connectivity index (χ1n) is 6.36. The van der Waals surface area contributed by atoms with Crippen molar-refractivity contribution >= 4 is 0 Å². The van der Waals surface area contributed by atoms with Crippen molar-refractivity contribution in [1.82, 2.24) is 0 Å². The standard InChI is InChI=1S/C12H22F3NO/c1-2-9-4-5-10(16)11(8-9)17-7-3-6-12(13,14)15/h9-11H,2-8,16H2,1H3. The molecule has 0 aromatic rings. The zero-order valence-electron chi connectivity index (χ0n) is 10.3. The molecule has 0 bridgehead atoms. The summed E-state index contributed by atoms with van der Waals surface area (Å²) in [4.78, 5) is 0. The predicted molar refractivity (Wildman–Crippen MR) is 60.6 cm³/mol. The average molecular weight is 253 g/mol. The predicted octanol–water partition coefficient (Wildman–Crippen LogP) is 3.25. The third kappa shape index (κ3) is 5.73. The molecule has 5 heteroatoms. The van der Waals surface area contributed by atoms with Crippen LogP contribution >= 0.6 is 0 Å². The number of nitrogens with two attached hydrogens (primary N) is 1. The number of rotatable bonds is 5. The molecule has 3 unspecified atom stereocenters. The molecule has 0 aromatic carbocycles. The van der Waals surface area contributed by atoms with Crippen LogP contribution in [0.4, 0.5) is 13.2 Å². The summed E-state index contributed by atoms with van der Waals surface area (Å²) in [7, 11) is 0. The molecule has 2 N–H and O–H groups in total. The lowest BCUT2D eigenvalue weighted by Gasteiger charge is -2.33. The fourth-order valence-corrected chi connectivity index (χ4v) is 2.30. The van der Waals surface area contributed by atoms with Gasteiger partial charge in [0.05, 0.1) is 6.10 Å². The molecule has 0 amide bonds. The van der Waals surface area contributed by atoms with Crippen LogP contribution in [0.2, 0.25) is 0 Å². The lowest BCUT2D eigenvalue weighted by Crippen LogP contribution is -2.42. The average Bonchev–Trinajstić information content (AvgIpc) is 2.25. The Morgan fingerprint density at radius 1 is 1.29 bits per heavy atom. The van der Waals surface area contributed by atoms with E-state index in [-0.39, 0.29) is 25.2 Å². The minimum atomic E-state index is -4.08. The van der Waals surface area contributed by atoms with Gasteiger partial charge in [-0.05, 0) is 31.6 Å². The number of hydrogen-bond acceptors (Lipinski definition) is 2. The second kappa shape index (κ2) is 6.59. The molecule has 0 radical (unpaired) electrons. The van der Waals surface area contributed by atoms with Crippen molar-refractivity contribution in [2.75, 3.05) is 6.61 Å². The van der Waals surface area contributed by atoms with Gasteiger partial charge in [0.15, 0.2) is 0 Å². The van der Waals surface area contributed by atoms with Crippen LogP contribution in [0, 0.1) is 5.92 Å². The molecule has 0 aliphatic heterocycles. The van der Waals surface area contributed by atoms with Crippen LogP contribution in [-0.2, 0) is 4.74 Å². The van der Waals surface area contributed by atoms with Crippen LogP contribution in [0.5, 0.6) is 0 Å². The van der Waals surface area contributed by atoms with E-state index in [0.29, 0.717) is 5.92 Å². The first kappa shape index (κ1) is 14.8. The molecule has 2 nitrogen and oxygen atoms in total. The van der Waals surface area contributed by atoms with Crippen molar-refractivity contribution in [3.05, 3.63) is 0 Å². The monoisotopic (exact) mass is 253 g/mol. The van der Waals surface area contributed by atoms with Crippen molar-refractivity contribution in [3.8, 4) is 0 Å². The number of alkyl halides is 3. The molecule has 102 valence electrons. The molecule has 0 spiro atoms. The van der Waals surface area contributed by atoms with Crippen LogP contribution in [-0.4, -0.2) is 24.9 Å². The Morgan fingerprint density at radius 2 is 2.00 bits per heavy atom. The van der Waals surface area contributed by atoms with Gasteiger partial charge in [-0.3, -0.25) is 0 Å². The second-order valence-corrected chi connectivity index (χ2v) is 4.88. The minimum absolute atomic E-state index is 0.0105. The zero-order chi connectivity index (χ0) is 12.9. The Labute approximate surface area is 101 Å². The topological polar surface area (TPSA) is 35.2 Å². The summed E-state index contributed by atoms with van der Waals surface area (Å²) in [6.45, 7) is 2.29. The van der Waals surface area contributed by atoms with E-state index in [4.69, 9.17) is 10.5 Å². The van der Waals surface area contributed by atoms with E-state index in [1.54, 1.807) is 0 Å². The molecule has 17 heavy (non-hydrogen) atoms. The fourth-order valence-electron chi connectivity index (χ4n) is 2.30. The van der Waals surface area contributed by atoms with Crippen molar-refractivity contribution < 1.29 is 17.9 Å². The van der Waals surface area contributed by atoms with Gasteiger partial charge in [-0.2, -0.15) is 13.2 Å². The zero-order valence-corrected chi connectivity index (χ0v) is 10.3. The molecule has 0 heterocycles. The number of hydrogen-bond donors (Lipinski definition) is 1. The van der Waals surface area contributed by atoms with Crippen molar-refractivity contribution in [1.29, 1.82) is 0 Å². The minimum Gasteiger partial charge on any atom is -0.377 e. The van der Waals surface area contributed by atoms with Gasteiger partial charge in [-0.15, -0.1) is 0 Å². The van der Waals surface area contributed by atoms with Gasteiger partial charge in [0.2, 0.25) is 0 Å². The molecule has 0 saturated heterocycles. The maximum atomic E-state index is 11.9. The highest BCUT2D eigenvalue weighted by Gasteiger charge is 2.29. The first-order chi connectivity index (χ1) is 7.92. The molecule has 1 saturated carbocycles. The molecular weight excluding hydrogens is 231 g/mol. The maximum Gasteiger partial charge on any atom is 0.389 e. The molecule has 1 rings (SSSR count). The van der Waals surface area contributed by atoms with E-state index >= 15 is 0 Å². The van der Waals surface area contributed by atoms with Gasteiger partial charge in [0.1, 0.15) is 0 Å². The molecule has 1 aliphatic rings. The van der Waals surface area contributed by atoms with E-state index in [1.807, 2.05) is 0 Å². The molecule has 3 atom stereocenters. The Kier molecular flexibility index (Phi) is 5.73. The van der Waals surface area contributed by atoms with Crippen LogP contribution in [0.3, 0.4) is 0 Å². The summed E-state index contributed by atoms with van der Waals surface area (Å²) >= 11 is 0. The molecule has 1 aliphatic carbocycles. The Balaban J connectivity index is 2.20. The van der Waals surface area contributed by atoms with Gasteiger partial charge in [-0.25, -0.2) is 0 Å². The summed E-state index contributed by atoms with van der Waals surface area (Å²) < 4.78 is 41.3. The summed E-state index contributed by atoms with van der Waals surface area (Å²) in [5.74, 6) is 0.613. The second-order valence-electron chi connectivity index (χ2n) is 4.88. The lowest BCUT2D eigenvalue weighted by molar-refractivity contribution is -0.139. The van der Waals surface area contributed by atoms with E-state index in [1.165, 1.54) is 0 Å². The Hall–Kier alpha value is -0.290. The van der Waals surface area contributed by atoms with E-state index in [9.17, 15) is 13.2 Å². The highest BCUT2D eigenvalue weighted by atomic mass is 19.4. The third-order valence-electron chi connectivity index (χ3n) is 3.47. The Bertz CT molecular complexity index is 220. The van der Waals surface area contributed by atoms with Crippen LogP contribution < -0.4 is 5.73 Å². The smallest absolute Gasteiger partial charge is 0.377 e. The largest absolute Gasteiger partial charge is 0.389 e. The van der Waals surface area contributed by atoms with Crippen molar-refractivity contribution in [2.24, 2.45) is 11.7 Å². The number of ether oxygens (including phenoxy) is 1. The van der Waals surface area contributed by atoms with Crippen LogP contribution in [0.1, 0.15) is 45.4 Å². The summed E-state index contributed by atoms with van der Waals surface area (Å²) in [6, 6.07) is -0.0105. The van der Waals surface area contributed by atoms with Gasteiger partial charge in [0.25, 0.3) is 0 Å². The van der Waals surface area contributed by atoms with Gasteiger partial charge >= 0.3 is 6.18 Å². The Morgan fingerprint density at radius 3 is 2.59 bits per heavy atom. The quantitative estimate of drug-likeness (QED) is 0.763. The van der Waals surface area contributed by atoms with Crippen LogP contribution in [0.25, 0.3) is 0 Å². The van der Waals surface area contributed by atoms with E-state index < -0.39 is 12.6 Å². The van der Waals surface area contributed by atoms with Gasteiger partial charge in [0, 0.05) is 19.1 Å². The van der Waals surface area contributed by atoms with Gasteiger partial charge in [-0.1, -0.05) is 13.3 Å². The highest BCUT2D eigenvalue weighted by Crippen LogP contribution is 2.28. The van der Waals surface area contributed by atoms with E-state index in [2.05, 4.69) is 6.92 Å². The summed E-state index contributed by atoms with van der Waals surface area (Å²) in [6.07, 6.45) is -0.858. The summed E-state index contributed by atoms with van der Waals surface area (Å²) in [5, 5.41) is 0. The lowest BCUT2D eigenvalue weighted by atomic mass is 9.83. The van der Waals surface area contributed by atoms with E-state index in [0.717, 1.165) is 25.7 Å². The number of halogens is 3. The van der Waals surface area contributed by atoms with Crippen LogP contribution in [0.15, 0.2) is 0 Å². The third-order valence-corrected chi connectivity index (χ3v) is 3.47. The fraction of sp³-hybridized carbons (Fsp3) is 1.00. The molecular formula is C12H22F3NO. The first-order valence-corrected chi connectivity index (χ1v) is 6.36. The summed E-state index contributed by atoms with van der Waals surface area (Å²) in [5.41, 5.74) is 5.92. The van der Waals surface area contributed by atoms with Crippen molar-refractivity contribution in [2.45, 2.75) is 63.8 Å². The highest BCUT2D eigenvalue weighted by molar-refractivity contribution is 4.82. The normalized spacial score (nSPS) is 30.5. The maximum absolute atomic E-state index is 11.9. The molecule has 1 fully saturated rings. The van der Waals surface area contributed by atoms with Gasteiger partial charge < -0.3 is 10.5 Å². The SMILES string of the molecule is CCC1CCC(N)C(OCCCC(F)(F)F)C1. The molecule has 0 aromatic heterocycles.